The molecule has 0 atom stereocenters. The van der Waals surface area contributed by atoms with Crippen LogP contribution in [0.25, 0.3) is 11.0 Å². The molecule has 11 nitrogen and oxygen atoms in total. The van der Waals surface area contributed by atoms with Gasteiger partial charge < -0.3 is 30.2 Å². The molecular weight excluding hydrogens is 585 g/mol. The number of rotatable bonds is 9. The van der Waals surface area contributed by atoms with Gasteiger partial charge in [-0.25, -0.2) is 19.9 Å². The van der Waals surface area contributed by atoms with E-state index in [9.17, 15) is 18.0 Å². The van der Waals surface area contributed by atoms with Crippen molar-refractivity contribution in [2.45, 2.75) is 13.1 Å². The molecule has 0 saturated carbocycles. The molecule has 5 rings (SSSR count). The minimum absolute atomic E-state index is 0.0711. The first kappa shape index (κ1) is 31.9. The topological polar surface area (TPSA) is 106 Å². The number of amides is 1. The average molecular weight is 623 g/mol. The maximum atomic E-state index is 13.8. The van der Waals surface area contributed by atoms with E-state index >= 15 is 0 Å². The quantitative estimate of drug-likeness (QED) is 0.277. The number of benzene rings is 2. The van der Waals surface area contributed by atoms with Gasteiger partial charge in [0.25, 0.3) is 5.91 Å². The lowest BCUT2D eigenvalue weighted by atomic mass is 10.1. The van der Waals surface area contributed by atoms with E-state index in [-0.39, 0.29) is 5.56 Å². The zero-order valence-corrected chi connectivity index (χ0v) is 26.0. The highest BCUT2D eigenvalue weighted by Gasteiger charge is 2.32. The highest BCUT2D eigenvalue weighted by Crippen LogP contribution is 2.34. The minimum Gasteiger partial charge on any atom is -0.369 e. The zero-order chi connectivity index (χ0) is 32.3. The first-order valence-corrected chi connectivity index (χ1v) is 14.6. The summed E-state index contributed by atoms with van der Waals surface area (Å²) in [5, 5.41) is 6.06. The van der Waals surface area contributed by atoms with Gasteiger partial charge in [-0.2, -0.15) is 13.2 Å². The van der Waals surface area contributed by atoms with Gasteiger partial charge in [0.15, 0.2) is 5.82 Å². The molecule has 1 aliphatic rings. The maximum Gasteiger partial charge on any atom is 0.416 e. The number of fused-ring (bicyclic) bond motifs is 1. The van der Waals surface area contributed by atoms with E-state index < -0.39 is 17.6 Å². The van der Waals surface area contributed by atoms with Gasteiger partial charge in [-0.15, -0.1) is 0 Å². The number of alkyl halides is 3. The average Bonchev–Trinajstić information content (AvgIpc) is 3.01. The number of hydrogen-bond donors (Lipinski definition) is 2. The Morgan fingerprint density at radius 2 is 1.73 bits per heavy atom. The Labute approximate surface area is 260 Å². The van der Waals surface area contributed by atoms with Crippen LogP contribution in [0, 0.1) is 6.92 Å². The molecule has 0 unspecified atom stereocenters. The van der Waals surface area contributed by atoms with Crippen LogP contribution in [0.4, 0.5) is 42.0 Å². The second kappa shape index (κ2) is 13.2. The SMILES string of the molecule is Cc1ccc(NC(=O)c2cc(N3CCN(C)CC3)cc(C(F)(F)F)c2)cc1Nc1ncnc2cnc(N(C)CCN(C)C)nc12. The van der Waals surface area contributed by atoms with E-state index in [1.165, 1.54) is 12.4 Å². The van der Waals surface area contributed by atoms with Crippen molar-refractivity contribution in [1.29, 1.82) is 0 Å². The molecule has 0 radical (unpaired) electrons. The summed E-state index contributed by atoms with van der Waals surface area (Å²) in [6.45, 7) is 6.02. The normalized spacial score (nSPS) is 14.2. The van der Waals surface area contributed by atoms with Crippen LogP contribution in [0.15, 0.2) is 48.9 Å². The van der Waals surface area contributed by atoms with E-state index in [1.807, 2.05) is 44.9 Å². The van der Waals surface area contributed by atoms with Gasteiger partial charge in [0.1, 0.15) is 17.4 Å². The van der Waals surface area contributed by atoms with Crippen molar-refractivity contribution in [2.75, 3.05) is 87.9 Å². The predicted molar refractivity (Wildman–Crippen MR) is 171 cm³/mol. The van der Waals surface area contributed by atoms with Gasteiger partial charge in [0, 0.05) is 68.9 Å². The Hall–Kier alpha value is -4.56. The van der Waals surface area contributed by atoms with E-state index in [2.05, 4.69) is 35.4 Å². The number of aryl methyl sites for hydroxylation is 1. The van der Waals surface area contributed by atoms with Crippen LogP contribution in [-0.2, 0) is 6.18 Å². The summed E-state index contributed by atoms with van der Waals surface area (Å²) in [4.78, 5) is 39.2. The number of halogens is 3. The summed E-state index contributed by atoms with van der Waals surface area (Å²) in [5.41, 5.74) is 2.42. The standard InChI is InChI=1S/C31H37F3N10O/c1-20-6-7-23(38-29(45)21-14-22(31(32,33)34)16-24(15-21)44-12-9-42(4)10-13-44)17-25(20)39-28-27-26(36-19-37-28)18-35-30(40-27)43(5)11-8-41(2)3/h6-7,14-19H,8-13H2,1-5H3,(H,38,45)(H,36,37,39). The smallest absolute Gasteiger partial charge is 0.369 e. The number of anilines is 5. The Morgan fingerprint density at radius 3 is 2.44 bits per heavy atom. The molecule has 1 amide bonds. The van der Waals surface area contributed by atoms with Crippen molar-refractivity contribution in [2.24, 2.45) is 0 Å². The number of piperazine rings is 1. The largest absolute Gasteiger partial charge is 0.416 e. The van der Waals surface area contributed by atoms with Crippen molar-refractivity contribution < 1.29 is 18.0 Å². The summed E-state index contributed by atoms with van der Waals surface area (Å²) in [6, 6.07) is 8.73. The number of hydrogen-bond acceptors (Lipinski definition) is 10. The van der Waals surface area contributed by atoms with Crippen molar-refractivity contribution in [1.82, 2.24) is 29.7 Å². The van der Waals surface area contributed by atoms with Crippen LogP contribution in [0.2, 0.25) is 0 Å². The van der Waals surface area contributed by atoms with E-state index in [0.29, 0.717) is 53.0 Å². The van der Waals surface area contributed by atoms with Gasteiger partial charge in [-0.05, 0) is 64.0 Å². The van der Waals surface area contributed by atoms with Gasteiger partial charge in [-0.1, -0.05) is 6.07 Å². The molecule has 2 aromatic carbocycles. The van der Waals surface area contributed by atoms with Crippen LogP contribution in [0.5, 0.6) is 0 Å². The number of nitrogens with one attached hydrogen (secondary N) is 2. The van der Waals surface area contributed by atoms with E-state index in [1.54, 1.807) is 24.4 Å². The molecule has 2 N–H and O–H groups in total. The van der Waals surface area contributed by atoms with E-state index in [4.69, 9.17) is 4.98 Å². The molecule has 3 heterocycles. The van der Waals surface area contributed by atoms with Crippen molar-refractivity contribution in [3.63, 3.8) is 0 Å². The molecule has 1 saturated heterocycles. The number of nitrogens with zero attached hydrogens (tertiary/aromatic N) is 8. The maximum absolute atomic E-state index is 13.8. The molecule has 2 aromatic heterocycles. The van der Waals surface area contributed by atoms with Crippen LogP contribution in [0.3, 0.4) is 0 Å². The second-order valence-electron chi connectivity index (χ2n) is 11.5. The van der Waals surface area contributed by atoms with Gasteiger partial charge in [0.05, 0.1) is 11.8 Å². The fourth-order valence-corrected chi connectivity index (χ4v) is 4.89. The second-order valence-corrected chi connectivity index (χ2v) is 11.5. The third kappa shape index (κ3) is 7.75. The third-order valence-corrected chi connectivity index (χ3v) is 7.71. The van der Waals surface area contributed by atoms with Crippen LogP contribution >= 0.6 is 0 Å². The Morgan fingerprint density at radius 1 is 0.978 bits per heavy atom. The summed E-state index contributed by atoms with van der Waals surface area (Å²) < 4.78 is 41.5. The fraction of sp³-hybridized carbons (Fsp3) is 0.387. The van der Waals surface area contributed by atoms with Gasteiger partial charge in [-0.3, -0.25) is 4.79 Å². The lowest BCUT2D eigenvalue weighted by Crippen LogP contribution is -2.44. The summed E-state index contributed by atoms with van der Waals surface area (Å²) in [6.07, 6.45) is -1.54. The van der Waals surface area contributed by atoms with Gasteiger partial charge >= 0.3 is 6.18 Å². The summed E-state index contributed by atoms with van der Waals surface area (Å²) in [7, 11) is 7.87. The monoisotopic (exact) mass is 622 g/mol. The Kier molecular flexibility index (Phi) is 9.34. The Balaban J connectivity index is 1.39. The number of aromatic nitrogens is 4. The predicted octanol–water partition coefficient (Wildman–Crippen LogP) is 4.49. The molecule has 1 aliphatic heterocycles. The molecule has 14 heteroatoms. The number of likely N-dealkylation sites (N-methyl/N-ethyl adjacent to an activating group) is 3. The first-order valence-electron chi connectivity index (χ1n) is 14.6. The van der Waals surface area contributed by atoms with Crippen LogP contribution in [-0.4, -0.2) is 103 Å². The number of carbonyl (C=O) groups is 1. The molecule has 0 aliphatic carbocycles. The summed E-state index contributed by atoms with van der Waals surface area (Å²) >= 11 is 0. The van der Waals surface area contributed by atoms with E-state index in [0.717, 1.165) is 43.9 Å². The minimum atomic E-state index is -4.59. The molecule has 238 valence electrons. The Bertz CT molecular complexity index is 1670. The first-order chi connectivity index (χ1) is 21.4. The van der Waals surface area contributed by atoms with Crippen molar-refractivity contribution >= 4 is 45.8 Å². The molecule has 4 aromatic rings. The van der Waals surface area contributed by atoms with Crippen molar-refractivity contribution in [3.05, 3.63) is 65.6 Å². The lowest BCUT2D eigenvalue weighted by Gasteiger charge is -2.34. The molecule has 45 heavy (non-hydrogen) atoms. The molecule has 1 fully saturated rings. The van der Waals surface area contributed by atoms with Crippen LogP contribution in [0.1, 0.15) is 21.5 Å². The molecular formula is C31H37F3N10O. The van der Waals surface area contributed by atoms with Gasteiger partial charge in [0.2, 0.25) is 5.95 Å². The lowest BCUT2D eigenvalue weighted by molar-refractivity contribution is -0.137. The highest BCUT2D eigenvalue weighted by molar-refractivity contribution is 6.05. The van der Waals surface area contributed by atoms with Crippen LogP contribution < -0.4 is 20.4 Å². The molecule has 0 bridgehead atoms. The highest BCUT2D eigenvalue weighted by atomic mass is 19.4. The fourth-order valence-electron chi connectivity index (χ4n) is 4.89. The van der Waals surface area contributed by atoms with Crippen molar-refractivity contribution in [3.8, 4) is 0 Å². The zero-order valence-electron chi connectivity index (χ0n) is 26.0. The third-order valence-electron chi connectivity index (χ3n) is 7.71. The summed E-state index contributed by atoms with van der Waals surface area (Å²) in [5.74, 6) is 0.333. The molecule has 0 spiro atoms. The number of carbonyl (C=O) groups excluding carboxylic acids is 1.